The molecule has 1 amide bonds. The number of hydrogen-bond acceptors (Lipinski definition) is 5. The summed E-state index contributed by atoms with van der Waals surface area (Å²) in [5.41, 5.74) is 9.88. The number of nitrogens with two attached hydrogens (primary N) is 1. The molecule has 2 heterocycles. The number of fused-ring (bicyclic) bond motifs is 1. The van der Waals surface area contributed by atoms with Crippen molar-refractivity contribution in [2.75, 3.05) is 5.73 Å². The summed E-state index contributed by atoms with van der Waals surface area (Å²) in [5.74, 6) is -0.179. The summed E-state index contributed by atoms with van der Waals surface area (Å²) in [7, 11) is 1.82. The SMILES string of the molecule is Cn1cc(-c2cnc(N)c(C(=O)N[C@H]3CCCc4ccccc43)n2)cn1. The lowest BCUT2D eigenvalue weighted by molar-refractivity contribution is 0.0928. The third kappa shape index (κ3) is 3.03. The zero-order valence-corrected chi connectivity index (χ0v) is 14.5. The Morgan fingerprint density at radius 2 is 2.15 bits per heavy atom. The summed E-state index contributed by atoms with van der Waals surface area (Å²) in [6.07, 6.45) is 8.04. The van der Waals surface area contributed by atoms with Gasteiger partial charge in [-0.3, -0.25) is 9.48 Å². The fourth-order valence-corrected chi connectivity index (χ4v) is 3.39. The molecule has 0 fully saturated rings. The first-order chi connectivity index (χ1) is 12.6. The second-order valence-corrected chi connectivity index (χ2v) is 6.51. The highest BCUT2D eigenvalue weighted by Gasteiger charge is 2.24. The minimum atomic E-state index is -0.303. The van der Waals surface area contributed by atoms with Gasteiger partial charge in [0.25, 0.3) is 5.91 Å². The monoisotopic (exact) mass is 348 g/mol. The zero-order valence-electron chi connectivity index (χ0n) is 14.5. The van der Waals surface area contributed by atoms with Gasteiger partial charge < -0.3 is 11.1 Å². The number of nitrogens with zero attached hydrogens (tertiary/aromatic N) is 4. The third-order valence-corrected chi connectivity index (χ3v) is 4.69. The van der Waals surface area contributed by atoms with Crippen molar-refractivity contribution in [3.63, 3.8) is 0 Å². The molecule has 0 saturated carbocycles. The van der Waals surface area contributed by atoms with Crippen LogP contribution in [0.3, 0.4) is 0 Å². The molecule has 4 rings (SSSR count). The molecule has 3 aromatic rings. The van der Waals surface area contributed by atoms with Crippen molar-refractivity contribution >= 4 is 11.7 Å². The average molecular weight is 348 g/mol. The van der Waals surface area contributed by atoms with Crippen LogP contribution in [-0.2, 0) is 13.5 Å². The Bertz CT molecular complexity index is 964. The highest BCUT2D eigenvalue weighted by Crippen LogP contribution is 2.30. The van der Waals surface area contributed by atoms with Crippen molar-refractivity contribution in [2.45, 2.75) is 25.3 Å². The molecule has 1 aliphatic carbocycles. The fourth-order valence-electron chi connectivity index (χ4n) is 3.39. The van der Waals surface area contributed by atoms with Crippen molar-refractivity contribution < 1.29 is 4.79 Å². The lowest BCUT2D eigenvalue weighted by atomic mass is 9.87. The number of carbonyl (C=O) groups excluding carboxylic acids is 1. The number of rotatable bonds is 3. The maximum absolute atomic E-state index is 12.8. The van der Waals surface area contributed by atoms with E-state index in [2.05, 4.69) is 32.5 Å². The molecule has 1 aliphatic rings. The Hall–Kier alpha value is -3.22. The Labute approximate surface area is 151 Å². The third-order valence-electron chi connectivity index (χ3n) is 4.69. The van der Waals surface area contributed by atoms with Crippen LogP contribution in [0.5, 0.6) is 0 Å². The summed E-state index contributed by atoms with van der Waals surface area (Å²) in [4.78, 5) is 21.4. The molecular formula is C19H20N6O. The van der Waals surface area contributed by atoms with Gasteiger partial charge in [-0.15, -0.1) is 0 Å². The molecule has 1 aromatic carbocycles. The van der Waals surface area contributed by atoms with Crippen LogP contribution in [0.1, 0.15) is 40.5 Å². The molecule has 7 nitrogen and oxygen atoms in total. The van der Waals surface area contributed by atoms with Crippen molar-refractivity contribution in [1.29, 1.82) is 0 Å². The van der Waals surface area contributed by atoms with E-state index in [1.807, 2.05) is 25.4 Å². The summed E-state index contributed by atoms with van der Waals surface area (Å²) >= 11 is 0. The number of anilines is 1. The van der Waals surface area contributed by atoms with Gasteiger partial charge in [0.2, 0.25) is 0 Å². The number of benzene rings is 1. The molecule has 7 heteroatoms. The number of amides is 1. The first-order valence-electron chi connectivity index (χ1n) is 8.62. The van der Waals surface area contributed by atoms with Gasteiger partial charge in [-0.2, -0.15) is 5.10 Å². The fraction of sp³-hybridized carbons (Fsp3) is 0.263. The van der Waals surface area contributed by atoms with Gasteiger partial charge in [0.15, 0.2) is 11.5 Å². The first kappa shape index (κ1) is 16.3. The molecule has 0 aliphatic heterocycles. The maximum Gasteiger partial charge on any atom is 0.274 e. The largest absolute Gasteiger partial charge is 0.382 e. The second kappa shape index (κ2) is 6.59. The molecule has 26 heavy (non-hydrogen) atoms. The van der Waals surface area contributed by atoms with Gasteiger partial charge in [0.05, 0.1) is 24.1 Å². The second-order valence-electron chi connectivity index (χ2n) is 6.51. The summed E-state index contributed by atoms with van der Waals surface area (Å²) in [6, 6.07) is 8.19. The Morgan fingerprint density at radius 3 is 2.96 bits per heavy atom. The van der Waals surface area contributed by atoms with Crippen LogP contribution < -0.4 is 11.1 Å². The Balaban J connectivity index is 1.61. The van der Waals surface area contributed by atoms with Crippen molar-refractivity contribution in [1.82, 2.24) is 25.1 Å². The average Bonchev–Trinajstić information content (AvgIpc) is 3.09. The van der Waals surface area contributed by atoms with Gasteiger partial charge in [-0.05, 0) is 30.4 Å². The van der Waals surface area contributed by atoms with Gasteiger partial charge in [0, 0.05) is 18.8 Å². The highest BCUT2D eigenvalue weighted by atomic mass is 16.2. The molecule has 0 spiro atoms. The Kier molecular flexibility index (Phi) is 4.12. The first-order valence-corrected chi connectivity index (χ1v) is 8.62. The van der Waals surface area contributed by atoms with Crippen LogP contribution in [0.25, 0.3) is 11.3 Å². The number of aryl methyl sites for hydroxylation is 2. The van der Waals surface area contributed by atoms with E-state index in [0.717, 1.165) is 24.8 Å². The predicted octanol–water partition coefficient (Wildman–Crippen LogP) is 2.27. The van der Waals surface area contributed by atoms with E-state index in [1.54, 1.807) is 17.1 Å². The van der Waals surface area contributed by atoms with E-state index in [0.29, 0.717) is 5.69 Å². The normalized spacial score (nSPS) is 16.1. The molecule has 0 saturated heterocycles. The molecule has 0 unspecified atom stereocenters. The minimum Gasteiger partial charge on any atom is -0.382 e. The van der Waals surface area contributed by atoms with Crippen molar-refractivity contribution in [3.8, 4) is 11.3 Å². The number of nitrogens with one attached hydrogen (secondary N) is 1. The van der Waals surface area contributed by atoms with Crippen molar-refractivity contribution in [3.05, 3.63) is 59.7 Å². The van der Waals surface area contributed by atoms with E-state index in [9.17, 15) is 4.79 Å². The van der Waals surface area contributed by atoms with Crippen LogP contribution in [0.15, 0.2) is 42.9 Å². The number of hydrogen-bond donors (Lipinski definition) is 2. The van der Waals surface area contributed by atoms with E-state index >= 15 is 0 Å². The molecule has 2 aromatic heterocycles. The Morgan fingerprint density at radius 1 is 1.31 bits per heavy atom. The zero-order chi connectivity index (χ0) is 18.1. The highest BCUT2D eigenvalue weighted by molar-refractivity contribution is 5.97. The molecular weight excluding hydrogens is 328 g/mol. The minimum absolute atomic E-state index is 0.0318. The smallest absolute Gasteiger partial charge is 0.274 e. The molecule has 1 atom stereocenters. The quantitative estimate of drug-likeness (QED) is 0.756. The van der Waals surface area contributed by atoms with E-state index in [4.69, 9.17) is 5.73 Å². The number of nitrogen functional groups attached to an aromatic ring is 1. The van der Waals surface area contributed by atoms with Crippen LogP contribution >= 0.6 is 0 Å². The van der Waals surface area contributed by atoms with E-state index in [-0.39, 0.29) is 23.5 Å². The summed E-state index contributed by atoms with van der Waals surface area (Å²) in [5, 5.41) is 7.20. The number of carbonyl (C=O) groups is 1. The van der Waals surface area contributed by atoms with Gasteiger partial charge >= 0.3 is 0 Å². The molecule has 0 bridgehead atoms. The summed E-state index contributed by atoms with van der Waals surface area (Å²) < 4.78 is 1.67. The molecule has 3 N–H and O–H groups in total. The van der Waals surface area contributed by atoms with Crippen LogP contribution in [0.2, 0.25) is 0 Å². The molecule has 132 valence electrons. The van der Waals surface area contributed by atoms with Gasteiger partial charge in [-0.1, -0.05) is 24.3 Å². The van der Waals surface area contributed by atoms with Crippen LogP contribution in [0, 0.1) is 0 Å². The van der Waals surface area contributed by atoms with Crippen LogP contribution in [-0.4, -0.2) is 25.7 Å². The van der Waals surface area contributed by atoms with Crippen LogP contribution in [0.4, 0.5) is 5.82 Å². The lowest BCUT2D eigenvalue weighted by Gasteiger charge is -2.26. The van der Waals surface area contributed by atoms with Crippen molar-refractivity contribution in [2.24, 2.45) is 7.05 Å². The number of aromatic nitrogens is 4. The van der Waals surface area contributed by atoms with E-state index < -0.39 is 0 Å². The standard InChI is InChI=1S/C19H20N6O/c1-25-11-13(9-22-25)16-10-21-18(20)17(23-16)19(26)24-15-8-4-6-12-5-2-3-7-14(12)15/h2-3,5,7,9-11,15H,4,6,8H2,1H3,(H2,20,21)(H,24,26)/t15-/m0/s1. The summed E-state index contributed by atoms with van der Waals surface area (Å²) in [6.45, 7) is 0. The lowest BCUT2D eigenvalue weighted by Crippen LogP contribution is -2.32. The predicted molar refractivity (Wildman–Crippen MR) is 98.2 cm³/mol. The molecule has 0 radical (unpaired) electrons. The topological polar surface area (TPSA) is 98.7 Å². The van der Waals surface area contributed by atoms with Gasteiger partial charge in [0.1, 0.15) is 0 Å². The maximum atomic E-state index is 12.8. The van der Waals surface area contributed by atoms with Gasteiger partial charge in [-0.25, -0.2) is 9.97 Å². The van der Waals surface area contributed by atoms with E-state index in [1.165, 1.54) is 11.1 Å².